The molecule has 1 aromatic heterocycles. The van der Waals surface area contributed by atoms with E-state index in [0.717, 1.165) is 46.2 Å². The van der Waals surface area contributed by atoms with Crippen molar-refractivity contribution >= 4 is 50.8 Å². The van der Waals surface area contributed by atoms with E-state index in [0.29, 0.717) is 5.75 Å². The van der Waals surface area contributed by atoms with E-state index in [4.69, 9.17) is 0 Å². The number of likely N-dealkylation sites (tertiary alicyclic amines) is 1. The van der Waals surface area contributed by atoms with Gasteiger partial charge in [-0.25, -0.2) is 4.98 Å². The number of carbonyl (C=O) groups excluding carboxylic acids is 2. The highest BCUT2D eigenvalue weighted by Crippen LogP contribution is 2.31. The maximum absolute atomic E-state index is 12.1. The first-order chi connectivity index (χ1) is 11.5. The Kier molecular flexibility index (Phi) is 5.40. The normalized spacial score (nSPS) is 14.5. The summed E-state index contributed by atoms with van der Waals surface area (Å²) in [4.78, 5) is 30.4. The van der Waals surface area contributed by atoms with Crippen LogP contribution in [0.25, 0.3) is 10.2 Å². The molecule has 1 aliphatic rings. The molecule has 1 aromatic carbocycles. The molecule has 7 heteroatoms. The van der Waals surface area contributed by atoms with Crippen molar-refractivity contribution in [3.8, 4) is 0 Å². The smallest absolute Gasteiger partial charge is 0.233 e. The van der Waals surface area contributed by atoms with Crippen molar-refractivity contribution in [3.05, 3.63) is 18.2 Å². The number of thioether (sulfide) groups is 1. The third kappa shape index (κ3) is 4.08. The molecular formula is C17H21N3O2S2. The Morgan fingerprint density at radius 3 is 2.79 bits per heavy atom. The van der Waals surface area contributed by atoms with Gasteiger partial charge in [-0.1, -0.05) is 25.6 Å². The molecule has 3 rings (SSSR count). The van der Waals surface area contributed by atoms with Crippen LogP contribution in [0.4, 0.5) is 5.69 Å². The third-order valence-electron chi connectivity index (χ3n) is 3.94. The van der Waals surface area contributed by atoms with Gasteiger partial charge in [-0.3, -0.25) is 9.59 Å². The summed E-state index contributed by atoms with van der Waals surface area (Å²) in [5.41, 5.74) is 1.69. The van der Waals surface area contributed by atoms with Crippen molar-refractivity contribution in [2.75, 3.05) is 24.2 Å². The molecule has 0 radical (unpaired) electrons. The molecule has 128 valence electrons. The summed E-state index contributed by atoms with van der Waals surface area (Å²) >= 11 is 3.06. The van der Waals surface area contributed by atoms with Crippen LogP contribution in [-0.2, 0) is 9.59 Å². The summed E-state index contributed by atoms with van der Waals surface area (Å²) < 4.78 is 1.91. The van der Waals surface area contributed by atoms with Crippen molar-refractivity contribution in [1.29, 1.82) is 0 Å². The highest BCUT2D eigenvalue weighted by molar-refractivity contribution is 8.01. The van der Waals surface area contributed by atoms with Gasteiger partial charge in [-0.05, 0) is 31.0 Å². The molecule has 24 heavy (non-hydrogen) atoms. The highest BCUT2D eigenvalue weighted by Gasteiger charge is 2.18. The average molecular weight is 364 g/mol. The standard InChI is InChI=1S/C17H21N3O2S2/c1-11(2)16(22)18-12-5-6-13-14(9-12)24-17(19-13)23-10-15(21)20-7-3-4-8-20/h5-6,9,11H,3-4,7-8,10H2,1-2H3,(H,18,22). The second-order valence-electron chi connectivity index (χ2n) is 6.18. The van der Waals surface area contributed by atoms with Crippen LogP contribution >= 0.6 is 23.1 Å². The number of carbonyl (C=O) groups is 2. The second kappa shape index (κ2) is 7.53. The van der Waals surface area contributed by atoms with E-state index < -0.39 is 0 Å². The first-order valence-corrected chi connectivity index (χ1v) is 9.95. The molecule has 1 saturated heterocycles. The van der Waals surface area contributed by atoms with E-state index >= 15 is 0 Å². The minimum atomic E-state index is -0.0510. The average Bonchev–Trinajstić information content (AvgIpc) is 3.21. The largest absolute Gasteiger partial charge is 0.342 e. The number of amides is 2. The first kappa shape index (κ1) is 17.2. The Morgan fingerprint density at radius 1 is 1.33 bits per heavy atom. The lowest BCUT2D eigenvalue weighted by molar-refractivity contribution is -0.127. The zero-order valence-corrected chi connectivity index (χ0v) is 15.5. The number of anilines is 1. The fourth-order valence-electron chi connectivity index (χ4n) is 2.51. The first-order valence-electron chi connectivity index (χ1n) is 8.15. The maximum Gasteiger partial charge on any atom is 0.233 e. The van der Waals surface area contributed by atoms with Crippen LogP contribution < -0.4 is 5.32 Å². The minimum Gasteiger partial charge on any atom is -0.342 e. The van der Waals surface area contributed by atoms with Crippen LogP contribution in [0.1, 0.15) is 26.7 Å². The van der Waals surface area contributed by atoms with Crippen LogP contribution in [0.2, 0.25) is 0 Å². The Morgan fingerprint density at radius 2 is 2.08 bits per heavy atom. The fraction of sp³-hybridized carbons (Fsp3) is 0.471. The molecule has 0 unspecified atom stereocenters. The van der Waals surface area contributed by atoms with E-state index in [1.807, 2.05) is 36.9 Å². The van der Waals surface area contributed by atoms with Crippen molar-refractivity contribution in [2.24, 2.45) is 5.92 Å². The van der Waals surface area contributed by atoms with Gasteiger partial charge in [0.25, 0.3) is 0 Å². The zero-order chi connectivity index (χ0) is 17.1. The second-order valence-corrected chi connectivity index (χ2v) is 8.44. The van der Waals surface area contributed by atoms with Crippen LogP contribution in [0.15, 0.2) is 22.5 Å². The van der Waals surface area contributed by atoms with Gasteiger partial charge in [0.2, 0.25) is 11.8 Å². The number of nitrogens with one attached hydrogen (secondary N) is 1. The number of fused-ring (bicyclic) bond motifs is 1. The summed E-state index contributed by atoms with van der Waals surface area (Å²) in [6, 6.07) is 5.72. The Balaban J connectivity index is 1.65. The number of rotatable bonds is 5. The molecule has 0 bridgehead atoms. The molecular weight excluding hydrogens is 342 g/mol. The Hall–Kier alpha value is -1.60. The van der Waals surface area contributed by atoms with Gasteiger partial charge in [-0.2, -0.15) is 0 Å². The van der Waals surface area contributed by atoms with E-state index in [2.05, 4.69) is 10.3 Å². The maximum atomic E-state index is 12.1. The Labute approximate surface area is 149 Å². The third-order valence-corrected chi connectivity index (χ3v) is 6.08. The van der Waals surface area contributed by atoms with Gasteiger partial charge in [-0.15, -0.1) is 11.3 Å². The van der Waals surface area contributed by atoms with Gasteiger partial charge >= 0.3 is 0 Å². The lowest BCUT2D eigenvalue weighted by Crippen LogP contribution is -2.29. The molecule has 2 amide bonds. The number of thiazole rings is 1. The number of aromatic nitrogens is 1. The molecule has 0 aliphatic carbocycles. The van der Waals surface area contributed by atoms with E-state index in [-0.39, 0.29) is 17.7 Å². The topological polar surface area (TPSA) is 62.3 Å². The summed E-state index contributed by atoms with van der Waals surface area (Å²) in [7, 11) is 0. The molecule has 1 fully saturated rings. The molecule has 0 saturated carbocycles. The van der Waals surface area contributed by atoms with E-state index in [1.54, 1.807) is 11.3 Å². The molecule has 0 spiro atoms. The quantitative estimate of drug-likeness (QED) is 0.825. The molecule has 0 atom stereocenters. The summed E-state index contributed by atoms with van der Waals surface area (Å²) in [5, 5.41) is 2.90. The lowest BCUT2D eigenvalue weighted by atomic mass is 10.2. The summed E-state index contributed by atoms with van der Waals surface area (Å²) in [5.74, 6) is 0.590. The van der Waals surface area contributed by atoms with Crippen molar-refractivity contribution in [3.63, 3.8) is 0 Å². The summed E-state index contributed by atoms with van der Waals surface area (Å²) in [6.45, 7) is 5.51. The van der Waals surface area contributed by atoms with Gasteiger partial charge in [0.1, 0.15) is 0 Å². The van der Waals surface area contributed by atoms with Gasteiger partial charge in [0.15, 0.2) is 4.34 Å². The predicted molar refractivity (Wildman–Crippen MR) is 99.6 cm³/mol. The van der Waals surface area contributed by atoms with Crippen molar-refractivity contribution in [1.82, 2.24) is 9.88 Å². The number of nitrogens with zero attached hydrogens (tertiary/aromatic N) is 2. The monoisotopic (exact) mass is 363 g/mol. The van der Waals surface area contributed by atoms with Gasteiger partial charge < -0.3 is 10.2 Å². The van der Waals surface area contributed by atoms with Gasteiger partial charge in [0.05, 0.1) is 16.0 Å². The Bertz CT molecular complexity index is 751. The number of hydrogen-bond acceptors (Lipinski definition) is 5. The predicted octanol–water partition coefficient (Wildman–Crippen LogP) is 3.61. The zero-order valence-electron chi connectivity index (χ0n) is 13.9. The molecule has 2 aromatic rings. The van der Waals surface area contributed by atoms with E-state index in [9.17, 15) is 9.59 Å². The fourth-order valence-corrected chi connectivity index (χ4v) is 4.52. The van der Waals surface area contributed by atoms with Crippen molar-refractivity contribution in [2.45, 2.75) is 31.0 Å². The molecule has 1 aliphatic heterocycles. The molecule has 5 nitrogen and oxygen atoms in total. The lowest BCUT2D eigenvalue weighted by Gasteiger charge is -2.13. The minimum absolute atomic E-state index is 0.00433. The molecule has 2 heterocycles. The summed E-state index contributed by atoms with van der Waals surface area (Å²) in [6.07, 6.45) is 2.23. The number of benzene rings is 1. The van der Waals surface area contributed by atoms with Crippen LogP contribution in [0, 0.1) is 5.92 Å². The van der Waals surface area contributed by atoms with Crippen molar-refractivity contribution < 1.29 is 9.59 Å². The van der Waals surface area contributed by atoms with Gasteiger partial charge in [0, 0.05) is 24.7 Å². The van der Waals surface area contributed by atoms with Crippen LogP contribution in [-0.4, -0.2) is 40.5 Å². The van der Waals surface area contributed by atoms with Crippen LogP contribution in [0.5, 0.6) is 0 Å². The van der Waals surface area contributed by atoms with E-state index in [1.165, 1.54) is 11.8 Å². The van der Waals surface area contributed by atoms with Crippen LogP contribution in [0.3, 0.4) is 0 Å². The SMILES string of the molecule is CC(C)C(=O)Nc1ccc2nc(SCC(=O)N3CCCC3)sc2c1. The number of hydrogen-bond donors (Lipinski definition) is 1. The highest BCUT2D eigenvalue weighted by atomic mass is 32.2. The molecule has 1 N–H and O–H groups in total.